The van der Waals surface area contributed by atoms with Crippen molar-refractivity contribution in [3.05, 3.63) is 48.7 Å². The Morgan fingerprint density at radius 2 is 1.80 bits per heavy atom. The molecule has 0 fully saturated rings. The quantitative estimate of drug-likeness (QED) is 0.556. The fourth-order valence-corrected chi connectivity index (χ4v) is 3.18. The maximum atomic E-state index is 11.6. The monoisotopic (exact) mass is 355 g/mol. The summed E-state index contributed by atoms with van der Waals surface area (Å²) in [6, 6.07) is 8.48. The van der Waals surface area contributed by atoms with Crippen LogP contribution >= 0.6 is 0 Å². The third-order valence-electron chi connectivity index (χ3n) is 3.80. The number of rotatable bonds is 3. The Morgan fingerprint density at radius 3 is 2.44 bits per heavy atom. The summed E-state index contributed by atoms with van der Waals surface area (Å²) in [6.07, 6.45) is 4.38. The van der Waals surface area contributed by atoms with Gasteiger partial charge in [0.05, 0.1) is 10.5 Å². The highest BCUT2D eigenvalue weighted by Crippen LogP contribution is 2.32. The van der Waals surface area contributed by atoms with E-state index in [9.17, 15) is 8.42 Å². The van der Waals surface area contributed by atoms with Crippen LogP contribution in [0.15, 0.2) is 56.5 Å². The highest BCUT2D eigenvalue weighted by Gasteiger charge is 2.14. The van der Waals surface area contributed by atoms with Crippen LogP contribution in [-0.2, 0) is 9.84 Å². The Hall–Kier alpha value is -3.00. The summed E-state index contributed by atoms with van der Waals surface area (Å²) in [6.45, 7) is 1.72. The van der Waals surface area contributed by atoms with Crippen molar-refractivity contribution in [1.29, 1.82) is 0 Å². The van der Waals surface area contributed by atoms with Gasteiger partial charge in [0.25, 0.3) is 0 Å². The minimum absolute atomic E-state index is 0.268. The highest BCUT2D eigenvalue weighted by atomic mass is 32.2. The largest absolute Gasteiger partial charge is 0.445 e. The normalized spacial score (nSPS) is 11.9. The molecule has 0 saturated carbocycles. The molecule has 7 nitrogen and oxygen atoms in total. The molecule has 4 rings (SSSR count). The molecule has 25 heavy (non-hydrogen) atoms. The van der Waals surface area contributed by atoms with Crippen LogP contribution in [0.2, 0.25) is 0 Å². The predicted molar refractivity (Wildman–Crippen MR) is 90.6 cm³/mol. The number of furan rings is 1. The number of aryl methyl sites for hydroxylation is 1. The molecular formula is C17H13N3O4S. The summed E-state index contributed by atoms with van der Waals surface area (Å²) < 4.78 is 34.1. The molecule has 0 aliphatic rings. The predicted octanol–water partition coefficient (Wildman–Crippen LogP) is 3.26. The Bertz CT molecular complexity index is 1170. The Kier molecular flexibility index (Phi) is 3.43. The van der Waals surface area contributed by atoms with Crippen LogP contribution in [-0.4, -0.2) is 29.9 Å². The van der Waals surface area contributed by atoms with Crippen LogP contribution in [0.5, 0.6) is 0 Å². The van der Waals surface area contributed by atoms with Gasteiger partial charge in [0.15, 0.2) is 9.84 Å². The first-order chi connectivity index (χ1) is 11.9. The molecule has 0 aliphatic heterocycles. The molecule has 4 aromatic rings. The summed E-state index contributed by atoms with van der Waals surface area (Å²) in [5.41, 5.74) is 2.79. The van der Waals surface area contributed by atoms with Crippen molar-refractivity contribution in [1.82, 2.24) is 15.2 Å². The second-order valence-corrected chi connectivity index (χ2v) is 7.66. The van der Waals surface area contributed by atoms with Crippen molar-refractivity contribution >= 4 is 20.9 Å². The van der Waals surface area contributed by atoms with Gasteiger partial charge in [0, 0.05) is 30.3 Å². The van der Waals surface area contributed by atoms with Crippen molar-refractivity contribution in [2.45, 2.75) is 11.8 Å². The maximum Gasteiger partial charge on any atom is 0.249 e. The fraction of sp³-hybridized carbons (Fsp3) is 0.118. The SMILES string of the molecule is Cc1nnc(-c2cnc3occ(-c4ccc(S(C)(=O)=O)cc4)c3c2)o1. The van der Waals surface area contributed by atoms with E-state index in [4.69, 9.17) is 8.83 Å². The van der Waals surface area contributed by atoms with Crippen molar-refractivity contribution in [3.8, 4) is 22.6 Å². The van der Waals surface area contributed by atoms with Crippen LogP contribution in [0.25, 0.3) is 33.7 Å². The molecule has 0 N–H and O–H groups in total. The fourth-order valence-electron chi connectivity index (χ4n) is 2.55. The minimum atomic E-state index is -3.23. The number of fused-ring (bicyclic) bond motifs is 1. The number of hydrogen-bond donors (Lipinski definition) is 0. The summed E-state index contributed by atoms with van der Waals surface area (Å²) in [7, 11) is -3.23. The molecule has 0 aliphatic carbocycles. The second-order valence-electron chi connectivity index (χ2n) is 5.65. The standard InChI is InChI=1S/C17H13N3O4S/c1-10-19-20-16(24-10)12-7-14-15(9-23-17(14)18-8-12)11-3-5-13(6-4-11)25(2,21)22/h3-9H,1-2H3. The van der Waals surface area contributed by atoms with Crippen molar-refractivity contribution in [3.63, 3.8) is 0 Å². The van der Waals surface area contributed by atoms with Crippen LogP contribution in [0.4, 0.5) is 0 Å². The molecular weight excluding hydrogens is 342 g/mol. The molecule has 0 atom stereocenters. The first kappa shape index (κ1) is 15.5. The summed E-state index contributed by atoms with van der Waals surface area (Å²) in [5.74, 6) is 0.852. The van der Waals surface area contributed by atoms with Gasteiger partial charge in [-0.2, -0.15) is 0 Å². The van der Waals surface area contributed by atoms with Crippen molar-refractivity contribution in [2.75, 3.05) is 6.26 Å². The third-order valence-corrected chi connectivity index (χ3v) is 4.92. The Morgan fingerprint density at radius 1 is 1.04 bits per heavy atom. The van der Waals surface area contributed by atoms with E-state index in [1.54, 1.807) is 43.6 Å². The van der Waals surface area contributed by atoms with Gasteiger partial charge in [0.2, 0.25) is 17.5 Å². The molecule has 1 aromatic carbocycles. The lowest BCUT2D eigenvalue weighted by Crippen LogP contribution is -1.96. The molecule has 0 spiro atoms. The Labute approximate surface area is 143 Å². The number of sulfone groups is 1. The highest BCUT2D eigenvalue weighted by molar-refractivity contribution is 7.90. The number of nitrogens with zero attached hydrogens (tertiary/aromatic N) is 3. The van der Waals surface area contributed by atoms with Crippen molar-refractivity contribution < 1.29 is 17.3 Å². The van der Waals surface area contributed by atoms with Crippen LogP contribution < -0.4 is 0 Å². The minimum Gasteiger partial charge on any atom is -0.445 e. The van der Waals surface area contributed by atoms with E-state index in [1.807, 2.05) is 6.07 Å². The lowest BCUT2D eigenvalue weighted by atomic mass is 10.1. The molecule has 0 unspecified atom stereocenters. The van der Waals surface area contributed by atoms with E-state index in [-0.39, 0.29) is 4.90 Å². The molecule has 3 aromatic heterocycles. The maximum absolute atomic E-state index is 11.6. The number of hydrogen-bond acceptors (Lipinski definition) is 7. The molecule has 3 heterocycles. The van der Waals surface area contributed by atoms with E-state index in [1.165, 1.54) is 6.26 Å². The molecule has 8 heteroatoms. The van der Waals surface area contributed by atoms with Crippen LogP contribution in [0.3, 0.4) is 0 Å². The van der Waals surface area contributed by atoms with Gasteiger partial charge >= 0.3 is 0 Å². The molecule has 126 valence electrons. The van der Waals surface area contributed by atoms with Gasteiger partial charge in [-0.1, -0.05) is 12.1 Å². The second kappa shape index (κ2) is 5.52. The number of pyridine rings is 1. The molecule has 0 saturated heterocycles. The zero-order valence-electron chi connectivity index (χ0n) is 13.4. The van der Waals surface area contributed by atoms with Gasteiger partial charge < -0.3 is 8.83 Å². The van der Waals surface area contributed by atoms with E-state index in [0.717, 1.165) is 16.5 Å². The average molecular weight is 355 g/mol. The van der Waals surface area contributed by atoms with E-state index >= 15 is 0 Å². The lowest BCUT2D eigenvalue weighted by molar-refractivity contribution is 0.532. The summed E-state index contributed by atoms with van der Waals surface area (Å²) >= 11 is 0. The number of benzene rings is 1. The van der Waals surface area contributed by atoms with Gasteiger partial charge in [0.1, 0.15) is 6.26 Å². The molecule has 0 radical (unpaired) electrons. The first-order valence-electron chi connectivity index (χ1n) is 7.40. The average Bonchev–Trinajstić information content (AvgIpc) is 3.19. The third kappa shape index (κ3) is 2.80. The van der Waals surface area contributed by atoms with E-state index in [2.05, 4.69) is 15.2 Å². The van der Waals surface area contributed by atoms with Crippen LogP contribution in [0, 0.1) is 6.92 Å². The first-order valence-corrected chi connectivity index (χ1v) is 9.29. The van der Waals surface area contributed by atoms with Crippen LogP contribution in [0.1, 0.15) is 5.89 Å². The summed E-state index contributed by atoms with van der Waals surface area (Å²) in [4.78, 5) is 4.55. The topological polar surface area (TPSA) is 99.1 Å². The van der Waals surface area contributed by atoms with Gasteiger partial charge in [-0.25, -0.2) is 13.4 Å². The molecule has 0 bridgehead atoms. The van der Waals surface area contributed by atoms with Crippen molar-refractivity contribution in [2.24, 2.45) is 0 Å². The number of aromatic nitrogens is 3. The van der Waals surface area contributed by atoms with Gasteiger partial charge in [-0.3, -0.25) is 0 Å². The lowest BCUT2D eigenvalue weighted by Gasteiger charge is -2.02. The van der Waals surface area contributed by atoms with E-state index in [0.29, 0.717) is 23.1 Å². The van der Waals surface area contributed by atoms with Gasteiger partial charge in [-0.15, -0.1) is 10.2 Å². The zero-order valence-corrected chi connectivity index (χ0v) is 14.2. The Balaban J connectivity index is 1.82. The van der Waals surface area contributed by atoms with Gasteiger partial charge in [-0.05, 0) is 23.8 Å². The molecule has 0 amide bonds. The summed E-state index contributed by atoms with van der Waals surface area (Å²) in [5, 5.41) is 8.59. The smallest absolute Gasteiger partial charge is 0.249 e. The zero-order chi connectivity index (χ0) is 17.6. The van der Waals surface area contributed by atoms with E-state index < -0.39 is 9.84 Å².